The van der Waals surface area contributed by atoms with E-state index in [9.17, 15) is 9.59 Å². The number of amides is 2. The minimum Gasteiger partial charge on any atom is -0.493 e. The van der Waals surface area contributed by atoms with Crippen LogP contribution in [0.1, 0.15) is 98.6 Å². The fraction of sp³-hybridized carbons (Fsp3) is 0.659. The zero-order valence-electron chi connectivity index (χ0n) is 33.4. The fourth-order valence-electron chi connectivity index (χ4n) is 8.77. The Morgan fingerprint density at radius 3 is 2.13 bits per heavy atom. The molecule has 3 aliphatic carbocycles. The van der Waals surface area contributed by atoms with Crippen molar-refractivity contribution < 1.29 is 33.1 Å². The van der Waals surface area contributed by atoms with Gasteiger partial charge in [0, 0.05) is 12.1 Å². The van der Waals surface area contributed by atoms with Crippen LogP contribution in [0.3, 0.4) is 0 Å². The van der Waals surface area contributed by atoms with E-state index in [2.05, 4.69) is 76.5 Å². The van der Waals surface area contributed by atoms with Crippen LogP contribution in [0.15, 0.2) is 36.4 Å². The maximum absolute atomic E-state index is 14.4. The highest BCUT2D eigenvalue weighted by Crippen LogP contribution is 2.65. The molecule has 3 saturated carbocycles. The van der Waals surface area contributed by atoms with Crippen LogP contribution < -0.4 is 30.2 Å². The molecule has 0 unspecified atom stereocenters. The Morgan fingerprint density at radius 1 is 0.904 bits per heavy atom. The molecule has 1 aliphatic heterocycles. The van der Waals surface area contributed by atoms with Gasteiger partial charge in [-0.05, 0) is 96.6 Å². The minimum absolute atomic E-state index is 0.0117. The van der Waals surface area contributed by atoms with Crippen molar-refractivity contribution in [1.29, 1.82) is 0 Å². The lowest BCUT2D eigenvalue weighted by molar-refractivity contribution is -0.199. The average molecular weight is 720 g/mol. The van der Waals surface area contributed by atoms with Crippen molar-refractivity contribution >= 4 is 24.6 Å². The first-order chi connectivity index (χ1) is 24.5. The predicted octanol–water partition coefficient (Wildman–Crippen LogP) is 6.80. The van der Waals surface area contributed by atoms with Crippen molar-refractivity contribution in [3.8, 4) is 17.2 Å². The summed E-state index contributed by atoms with van der Waals surface area (Å²) in [4.78, 5) is 28.6. The standard InChI is InChI=1S/C41H62BN3O7/c1-23(2)16-35(42-51-34-22-28-21-33(40(28,7)8)41(34,9)52-42)44-39(47)36(25(5)6)45-38(46)30(43-29-15-13-14-27(20-29)24(3)4)17-26-18-31(48-10)37(50-12)32(19-26)49-11/h13-15,18-20,23-25,28,30,33-36,43H,16-17,21-22H2,1-12H3,(H,44,47)(H,45,46)/t28-,30-,33-,34-,35-,36-,41-/m0/s1. The molecule has 1 saturated heterocycles. The summed E-state index contributed by atoms with van der Waals surface area (Å²) in [7, 11) is 4.14. The zero-order chi connectivity index (χ0) is 38.1. The van der Waals surface area contributed by atoms with Crippen LogP contribution in [0.2, 0.25) is 0 Å². The summed E-state index contributed by atoms with van der Waals surface area (Å²) >= 11 is 0. The van der Waals surface area contributed by atoms with Crippen molar-refractivity contribution in [2.24, 2.45) is 29.1 Å². The van der Waals surface area contributed by atoms with Crippen molar-refractivity contribution in [2.45, 2.75) is 124 Å². The van der Waals surface area contributed by atoms with E-state index in [1.807, 2.05) is 38.1 Å². The molecule has 7 atom stereocenters. The molecule has 3 N–H and O–H groups in total. The number of methoxy groups -OCH3 is 3. The number of anilines is 1. The third-order valence-electron chi connectivity index (χ3n) is 12.0. The van der Waals surface area contributed by atoms with E-state index < -0.39 is 19.2 Å². The Kier molecular flexibility index (Phi) is 12.2. The van der Waals surface area contributed by atoms with E-state index in [0.29, 0.717) is 53.8 Å². The van der Waals surface area contributed by atoms with Crippen LogP contribution in [-0.2, 0) is 25.3 Å². The van der Waals surface area contributed by atoms with E-state index in [1.54, 1.807) is 21.3 Å². The van der Waals surface area contributed by atoms with E-state index in [4.69, 9.17) is 23.5 Å². The topological polar surface area (TPSA) is 116 Å². The van der Waals surface area contributed by atoms with Crippen LogP contribution in [0.4, 0.5) is 5.69 Å². The first kappa shape index (κ1) is 39.8. The number of hydrogen-bond donors (Lipinski definition) is 3. The monoisotopic (exact) mass is 719 g/mol. The molecule has 2 amide bonds. The third kappa shape index (κ3) is 8.05. The van der Waals surface area contributed by atoms with Gasteiger partial charge in [0.2, 0.25) is 17.6 Å². The average Bonchev–Trinajstić information content (AvgIpc) is 3.46. The highest BCUT2D eigenvalue weighted by molar-refractivity contribution is 6.48. The van der Waals surface area contributed by atoms with Gasteiger partial charge in [0.05, 0.1) is 39.0 Å². The lowest BCUT2D eigenvalue weighted by Crippen LogP contribution is -2.65. The van der Waals surface area contributed by atoms with Crippen molar-refractivity contribution in [2.75, 3.05) is 26.6 Å². The van der Waals surface area contributed by atoms with E-state index in [-0.39, 0.29) is 40.8 Å². The largest absolute Gasteiger partial charge is 0.493 e. The molecule has 6 rings (SSSR count). The number of benzene rings is 2. The Hall–Kier alpha value is -3.44. The normalized spacial score (nSPS) is 24.8. The van der Waals surface area contributed by atoms with Gasteiger partial charge in [-0.2, -0.15) is 0 Å². The van der Waals surface area contributed by atoms with Gasteiger partial charge in [0.15, 0.2) is 11.5 Å². The second kappa shape index (κ2) is 15.9. The lowest BCUT2D eigenvalue weighted by atomic mass is 9.43. The van der Waals surface area contributed by atoms with Crippen LogP contribution in [-0.4, -0.2) is 70.0 Å². The van der Waals surface area contributed by atoms with Crippen LogP contribution in [0.5, 0.6) is 17.2 Å². The Bertz CT molecular complexity index is 1560. The van der Waals surface area contributed by atoms with Crippen LogP contribution in [0.25, 0.3) is 0 Å². The van der Waals surface area contributed by atoms with Crippen LogP contribution in [0, 0.1) is 29.1 Å². The molecule has 52 heavy (non-hydrogen) atoms. The predicted molar refractivity (Wildman–Crippen MR) is 206 cm³/mol. The van der Waals surface area contributed by atoms with Crippen LogP contribution >= 0.6 is 0 Å². The molecule has 2 bridgehead atoms. The smallest absolute Gasteiger partial charge is 0.481 e. The lowest BCUT2D eigenvalue weighted by Gasteiger charge is -2.64. The van der Waals surface area contributed by atoms with Gasteiger partial charge in [0.25, 0.3) is 0 Å². The SMILES string of the molecule is COc1cc(C[C@H](Nc2cccc(C(C)C)c2)C(=O)N[C@H](C(=O)N[C@@H](CC(C)C)B2O[C@H]3C[C@@H]4C[C@@H](C4(C)C)[C@]3(C)O2)C(C)C)cc(OC)c1OC. The quantitative estimate of drug-likeness (QED) is 0.162. The number of hydrogen-bond acceptors (Lipinski definition) is 8. The third-order valence-corrected chi connectivity index (χ3v) is 12.0. The van der Waals surface area contributed by atoms with Crippen molar-refractivity contribution in [1.82, 2.24) is 10.6 Å². The molecule has 2 aromatic carbocycles. The Balaban J connectivity index is 1.38. The maximum atomic E-state index is 14.4. The molecule has 4 aliphatic rings. The summed E-state index contributed by atoms with van der Waals surface area (Å²) in [6, 6.07) is 10.3. The van der Waals surface area contributed by atoms with E-state index in [0.717, 1.165) is 29.7 Å². The summed E-state index contributed by atoms with van der Waals surface area (Å²) in [5.41, 5.74) is 2.60. The van der Waals surface area contributed by atoms with Crippen molar-refractivity contribution in [3.05, 3.63) is 47.5 Å². The molecule has 0 aromatic heterocycles. The molecular formula is C41H62BN3O7. The number of rotatable bonds is 16. The summed E-state index contributed by atoms with van der Waals surface area (Å²) < 4.78 is 30.2. The molecule has 286 valence electrons. The molecule has 0 spiro atoms. The second-order valence-corrected chi connectivity index (χ2v) is 17.0. The molecule has 10 nitrogen and oxygen atoms in total. The number of carbonyl (C=O) groups is 2. The van der Waals surface area contributed by atoms with E-state index >= 15 is 0 Å². The summed E-state index contributed by atoms with van der Waals surface area (Å²) in [6.45, 7) is 19.3. The molecule has 2 aromatic rings. The van der Waals surface area contributed by atoms with Gasteiger partial charge >= 0.3 is 7.12 Å². The summed E-state index contributed by atoms with van der Waals surface area (Å²) in [6.07, 6.45) is 3.12. The van der Waals surface area contributed by atoms with Gasteiger partial charge < -0.3 is 39.5 Å². The Labute approximate surface area is 311 Å². The molecular weight excluding hydrogens is 657 g/mol. The highest BCUT2D eigenvalue weighted by atomic mass is 16.7. The van der Waals surface area contributed by atoms with Gasteiger partial charge in [-0.3, -0.25) is 9.59 Å². The Morgan fingerprint density at radius 2 is 1.58 bits per heavy atom. The van der Waals surface area contributed by atoms with Gasteiger partial charge in [0.1, 0.15) is 12.1 Å². The number of nitrogens with one attached hydrogen (secondary N) is 3. The van der Waals surface area contributed by atoms with Gasteiger partial charge in [-0.15, -0.1) is 0 Å². The highest BCUT2D eigenvalue weighted by Gasteiger charge is 2.68. The van der Waals surface area contributed by atoms with Gasteiger partial charge in [-0.1, -0.05) is 67.5 Å². The maximum Gasteiger partial charge on any atom is 0.481 e. The molecule has 11 heteroatoms. The minimum atomic E-state index is -0.792. The fourth-order valence-corrected chi connectivity index (χ4v) is 8.77. The number of carbonyl (C=O) groups excluding carboxylic acids is 2. The zero-order valence-corrected chi connectivity index (χ0v) is 33.4. The molecule has 4 fully saturated rings. The first-order valence-electron chi connectivity index (χ1n) is 19.1. The molecule has 1 heterocycles. The van der Waals surface area contributed by atoms with Crippen molar-refractivity contribution in [3.63, 3.8) is 0 Å². The summed E-state index contributed by atoms with van der Waals surface area (Å²) in [5.74, 6) is 2.03. The van der Waals surface area contributed by atoms with E-state index in [1.165, 1.54) is 0 Å². The molecule has 0 radical (unpaired) electrons. The summed E-state index contributed by atoms with van der Waals surface area (Å²) in [5, 5.41) is 9.88. The first-order valence-corrected chi connectivity index (χ1v) is 19.1. The van der Waals surface area contributed by atoms with Gasteiger partial charge in [-0.25, -0.2) is 0 Å². The second-order valence-electron chi connectivity index (χ2n) is 17.0. The number of ether oxygens (including phenoxy) is 3.